The summed E-state index contributed by atoms with van der Waals surface area (Å²) in [7, 11) is 1.98. The molecule has 6 heteroatoms. The third-order valence-electron chi connectivity index (χ3n) is 3.17. The predicted molar refractivity (Wildman–Crippen MR) is 81.5 cm³/mol. The van der Waals surface area contributed by atoms with Crippen molar-refractivity contribution in [2.24, 2.45) is 0 Å². The van der Waals surface area contributed by atoms with Crippen LogP contribution in [0.25, 0.3) is 0 Å². The minimum absolute atomic E-state index is 0.141. The summed E-state index contributed by atoms with van der Waals surface area (Å²) in [5, 5.41) is 6.67. The highest BCUT2D eigenvalue weighted by Crippen LogP contribution is 2.26. The highest BCUT2D eigenvalue weighted by atomic mass is 35.5. The zero-order chi connectivity index (χ0) is 14.5. The molecular weight excluding hydrogens is 278 g/mol. The molecule has 0 aliphatic carbocycles. The van der Waals surface area contributed by atoms with E-state index in [9.17, 15) is 4.79 Å². The van der Waals surface area contributed by atoms with Gasteiger partial charge in [0, 0.05) is 24.7 Å². The van der Waals surface area contributed by atoms with Gasteiger partial charge in [0.1, 0.15) is 6.10 Å². The molecular formula is C14H20ClN3O2. The van der Waals surface area contributed by atoms with Crippen molar-refractivity contribution in [3.8, 4) is 0 Å². The Labute approximate surface area is 124 Å². The van der Waals surface area contributed by atoms with Gasteiger partial charge in [-0.25, -0.2) is 0 Å². The molecule has 1 atom stereocenters. The summed E-state index contributed by atoms with van der Waals surface area (Å²) in [4.78, 5) is 14.3. The Morgan fingerprint density at radius 3 is 3.00 bits per heavy atom. The van der Waals surface area contributed by atoms with Crippen molar-refractivity contribution in [1.82, 2.24) is 4.90 Å². The summed E-state index contributed by atoms with van der Waals surface area (Å²) in [5.41, 5.74) is 1.54. The van der Waals surface area contributed by atoms with Gasteiger partial charge >= 0.3 is 0 Å². The zero-order valence-corrected chi connectivity index (χ0v) is 12.5. The summed E-state index contributed by atoms with van der Waals surface area (Å²) in [6.45, 7) is 4.79. The number of amides is 1. The Bertz CT molecular complexity index is 481. The molecule has 1 aromatic carbocycles. The standard InChI is InChI=1S/C14H20ClN3O2/c1-3-16-11-5-4-10(15)8-12(11)17-14(19)13-9-18(2)6-7-20-13/h4-5,8,13,16H,3,6-7,9H2,1-2H3,(H,17,19). The number of likely N-dealkylation sites (N-methyl/N-ethyl adjacent to an activating group) is 1. The van der Waals surface area contributed by atoms with Gasteiger partial charge in [-0.3, -0.25) is 4.79 Å². The molecule has 1 fully saturated rings. The second kappa shape index (κ2) is 6.92. The van der Waals surface area contributed by atoms with Crippen LogP contribution in [0.4, 0.5) is 11.4 Å². The van der Waals surface area contributed by atoms with Crippen LogP contribution in [0.5, 0.6) is 0 Å². The molecule has 20 heavy (non-hydrogen) atoms. The van der Waals surface area contributed by atoms with Crippen molar-refractivity contribution in [3.63, 3.8) is 0 Å². The van der Waals surface area contributed by atoms with E-state index >= 15 is 0 Å². The summed E-state index contributed by atoms with van der Waals surface area (Å²) < 4.78 is 5.51. The van der Waals surface area contributed by atoms with Gasteiger partial charge in [0.25, 0.3) is 5.91 Å². The van der Waals surface area contributed by atoms with Gasteiger partial charge < -0.3 is 20.3 Å². The number of rotatable bonds is 4. The maximum Gasteiger partial charge on any atom is 0.254 e. The average molecular weight is 298 g/mol. The van der Waals surface area contributed by atoms with Gasteiger partial charge in [-0.05, 0) is 32.2 Å². The number of hydrogen-bond donors (Lipinski definition) is 2. The highest BCUT2D eigenvalue weighted by molar-refractivity contribution is 6.31. The quantitative estimate of drug-likeness (QED) is 0.893. The molecule has 1 aliphatic rings. The van der Waals surface area contributed by atoms with Crippen molar-refractivity contribution in [2.45, 2.75) is 13.0 Å². The lowest BCUT2D eigenvalue weighted by Gasteiger charge is -2.29. The van der Waals surface area contributed by atoms with E-state index in [0.29, 0.717) is 23.9 Å². The molecule has 1 amide bonds. The second-order valence-corrected chi connectivity index (χ2v) is 5.27. The van der Waals surface area contributed by atoms with E-state index in [0.717, 1.165) is 18.8 Å². The van der Waals surface area contributed by atoms with Crippen molar-refractivity contribution < 1.29 is 9.53 Å². The van der Waals surface area contributed by atoms with E-state index in [1.165, 1.54) is 0 Å². The summed E-state index contributed by atoms with van der Waals surface area (Å²) in [5.74, 6) is -0.141. The molecule has 0 aromatic heterocycles. The minimum Gasteiger partial charge on any atom is -0.384 e. The molecule has 0 bridgehead atoms. The third kappa shape index (κ3) is 3.85. The first-order valence-electron chi connectivity index (χ1n) is 6.74. The van der Waals surface area contributed by atoms with Crippen LogP contribution in [0.1, 0.15) is 6.92 Å². The van der Waals surface area contributed by atoms with Crippen molar-refractivity contribution in [3.05, 3.63) is 23.2 Å². The van der Waals surface area contributed by atoms with Gasteiger partial charge in [0.15, 0.2) is 0 Å². The van der Waals surface area contributed by atoms with E-state index in [-0.39, 0.29) is 5.91 Å². The number of hydrogen-bond acceptors (Lipinski definition) is 4. The molecule has 1 heterocycles. The normalized spacial score (nSPS) is 19.6. The Kier molecular flexibility index (Phi) is 5.23. The molecule has 1 aliphatic heterocycles. The largest absolute Gasteiger partial charge is 0.384 e. The maximum absolute atomic E-state index is 12.2. The third-order valence-corrected chi connectivity index (χ3v) is 3.40. The van der Waals surface area contributed by atoms with Crippen LogP contribution >= 0.6 is 11.6 Å². The average Bonchev–Trinajstić information content (AvgIpc) is 2.42. The number of nitrogens with one attached hydrogen (secondary N) is 2. The number of ether oxygens (including phenoxy) is 1. The smallest absolute Gasteiger partial charge is 0.254 e. The molecule has 1 unspecified atom stereocenters. The molecule has 2 rings (SSSR count). The first-order valence-corrected chi connectivity index (χ1v) is 7.12. The number of halogens is 1. The molecule has 1 saturated heterocycles. The Morgan fingerprint density at radius 1 is 1.50 bits per heavy atom. The Morgan fingerprint density at radius 2 is 2.30 bits per heavy atom. The van der Waals surface area contributed by atoms with Crippen LogP contribution in [-0.2, 0) is 9.53 Å². The van der Waals surface area contributed by atoms with Gasteiger partial charge in [-0.1, -0.05) is 11.6 Å². The SMILES string of the molecule is CCNc1ccc(Cl)cc1NC(=O)C1CN(C)CCO1. The molecule has 2 N–H and O–H groups in total. The first kappa shape index (κ1) is 15.1. The second-order valence-electron chi connectivity index (χ2n) is 4.83. The number of carbonyl (C=O) groups excluding carboxylic acids is 1. The maximum atomic E-state index is 12.2. The van der Waals surface area contributed by atoms with Crippen LogP contribution in [0.3, 0.4) is 0 Å². The van der Waals surface area contributed by atoms with Crippen LogP contribution in [0.2, 0.25) is 5.02 Å². The fraction of sp³-hybridized carbons (Fsp3) is 0.500. The van der Waals surface area contributed by atoms with Gasteiger partial charge in [0.2, 0.25) is 0 Å². The molecule has 1 aromatic rings. The van der Waals surface area contributed by atoms with Crippen LogP contribution in [-0.4, -0.2) is 50.2 Å². The van der Waals surface area contributed by atoms with E-state index in [2.05, 4.69) is 15.5 Å². The first-order chi connectivity index (χ1) is 9.60. The fourth-order valence-corrected chi connectivity index (χ4v) is 2.29. The zero-order valence-electron chi connectivity index (χ0n) is 11.8. The number of benzene rings is 1. The van der Waals surface area contributed by atoms with E-state index in [1.54, 1.807) is 12.1 Å². The predicted octanol–water partition coefficient (Wildman–Crippen LogP) is 2.04. The lowest BCUT2D eigenvalue weighted by molar-refractivity contribution is -0.132. The monoisotopic (exact) mass is 297 g/mol. The van der Waals surface area contributed by atoms with Crippen LogP contribution in [0, 0.1) is 0 Å². The Balaban J connectivity index is 2.08. The summed E-state index contributed by atoms with van der Waals surface area (Å²) >= 11 is 5.99. The van der Waals surface area contributed by atoms with Crippen LogP contribution in [0.15, 0.2) is 18.2 Å². The van der Waals surface area contributed by atoms with Crippen LogP contribution < -0.4 is 10.6 Å². The van der Waals surface area contributed by atoms with E-state index < -0.39 is 6.10 Å². The topological polar surface area (TPSA) is 53.6 Å². The van der Waals surface area contributed by atoms with Gasteiger partial charge in [-0.15, -0.1) is 0 Å². The van der Waals surface area contributed by atoms with Gasteiger partial charge in [0.05, 0.1) is 18.0 Å². The molecule has 110 valence electrons. The summed E-state index contributed by atoms with van der Waals surface area (Å²) in [6.07, 6.45) is -0.442. The summed E-state index contributed by atoms with van der Waals surface area (Å²) in [6, 6.07) is 5.39. The lowest BCUT2D eigenvalue weighted by atomic mass is 10.2. The molecule has 0 radical (unpaired) electrons. The number of nitrogens with zero attached hydrogens (tertiary/aromatic N) is 1. The van der Waals surface area contributed by atoms with Crippen molar-refractivity contribution >= 4 is 28.9 Å². The Hall–Kier alpha value is -1.30. The molecule has 0 spiro atoms. The molecule has 5 nitrogen and oxygen atoms in total. The number of anilines is 2. The lowest BCUT2D eigenvalue weighted by Crippen LogP contribution is -2.46. The van der Waals surface area contributed by atoms with E-state index in [1.807, 2.05) is 20.0 Å². The fourth-order valence-electron chi connectivity index (χ4n) is 2.11. The highest BCUT2D eigenvalue weighted by Gasteiger charge is 2.25. The van der Waals surface area contributed by atoms with Gasteiger partial charge in [-0.2, -0.15) is 0 Å². The van der Waals surface area contributed by atoms with E-state index in [4.69, 9.17) is 16.3 Å². The van der Waals surface area contributed by atoms with Crippen molar-refractivity contribution in [1.29, 1.82) is 0 Å². The van der Waals surface area contributed by atoms with Crippen molar-refractivity contribution in [2.75, 3.05) is 43.9 Å². The number of carbonyl (C=O) groups is 1. The number of morpholine rings is 1. The molecule has 0 saturated carbocycles. The minimum atomic E-state index is -0.442.